The van der Waals surface area contributed by atoms with E-state index in [1.807, 2.05) is 67.6 Å². The molecular formula is C33H39N5O3. The number of nitrogens with zero attached hydrogens (tertiary/aromatic N) is 3. The van der Waals surface area contributed by atoms with E-state index >= 15 is 0 Å². The fourth-order valence-corrected chi connectivity index (χ4v) is 6.35. The third kappa shape index (κ3) is 6.44. The van der Waals surface area contributed by atoms with Crippen molar-refractivity contribution in [3.63, 3.8) is 0 Å². The van der Waals surface area contributed by atoms with E-state index in [0.29, 0.717) is 18.0 Å². The maximum Gasteiger partial charge on any atom is 0.251 e. The number of aromatic amines is 1. The third-order valence-corrected chi connectivity index (χ3v) is 8.48. The van der Waals surface area contributed by atoms with Crippen LogP contribution >= 0.6 is 0 Å². The number of H-pyrrole nitrogens is 1. The first-order chi connectivity index (χ1) is 20.0. The van der Waals surface area contributed by atoms with Gasteiger partial charge >= 0.3 is 0 Å². The van der Waals surface area contributed by atoms with Crippen molar-refractivity contribution < 1.29 is 14.6 Å². The Morgan fingerprint density at radius 3 is 2.56 bits per heavy atom. The predicted octanol–water partition coefficient (Wildman–Crippen LogP) is 5.51. The molecule has 0 spiro atoms. The van der Waals surface area contributed by atoms with E-state index in [0.717, 1.165) is 72.4 Å². The molecule has 3 N–H and O–H groups in total. The zero-order valence-electron chi connectivity index (χ0n) is 23.6. The Hall–Kier alpha value is -3.75. The lowest BCUT2D eigenvalue weighted by Crippen LogP contribution is -2.41. The Balaban J connectivity index is 1.15. The monoisotopic (exact) mass is 553 g/mol. The van der Waals surface area contributed by atoms with Gasteiger partial charge in [-0.15, -0.1) is 0 Å². The number of aliphatic hydroxyl groups is 1. The second-order valence-electron chi connectivity index (χ2n) is 11.6. The minimum absolute atomic E-state index is 0.0927. The van der Waals surface area contributed by atoms with Crippen LogP contribution in [0.15, 0.2) is 66.9 Å². The molecule has 2 aliphatic rings. The van der Waals surface area contributed by atoms with Gasteiger partial charge in [-0.1, -0.05) is 18.9 Å². The number of β-amino-alcohol motifs (C(OH)–C–C–N with tert-alkyl or cyclic N) is 1. The Labute approximate surface area is 241 Å². The van der Waals surface area contributed by atoms with Crippen LogP contribution in [0.5, 0.6) is 5.75 Å². The minimum atomic E-state index is -0.302. The quantitative estimate of drug-likeness (QED) is 0.253. The molecule has 0 bridgehead atoms. The number of carbonyl (C=O) groups excluding carboxylic acids is 1. The van der Waals surface area contributed by atoms with E-state index in [1.54, 1.807) is 6.20 Å². The van der Waals surface area contributed by atoms with Crippen LogP contribution in [-0.4, -0.2) is 62.9 Å². The molecule has 0 radical (unpaired) electrons. The fraction of sp³-hybridized carbons (Fsp3) is 0.424. The summed E-state index contributed by atoms with van der Waals surface area (Å²) in [5.41, 5.74) is 4.19. The number of aliphatic hydroxyl groups excluding tert-OH is 1. The lowest BCUT2D eigenvalue weighted by molar-refractivity contribution is 0.0673. The Kier molecular flexibility index (Phi) is 8.30. The molecule has 2 atom stereocenters. The molecule has 3 heterocycles. The number of piperidine rings is 1. The van der Waals surface area contributed by atoms with Gasteiger partial charge in [-0.3, -0.25) is 14.9 Å². The molecule has 6 rings (SSSR count). The van der Waals surface area contributed by atoms with E-state index in [2.05, 4.69) is 25.4 Å². The molecule has 1 saturated heterocycles. The molecule has 8 heteroatoms. The first-order valence-corrected chi connectivity index (χ1v) is 14.9. The fourth-order valence-electron chi connectivity index (χ4n) is 6.35. The van der Waals surface area contributed by atoms with Gasteiger partial charge in [0.15, 0.2) is 0 Å². The lowest BCUT2D eigenvalue weighted by atomic mass is 9.94. The van der Waals surface area contributed by atoms with Crippen LogP contribution in [0.4, 0.5) is 0 Å². The molecule has 2 aromatic heterocycles. The summed E-state index contributed by atoms with van der Waals surface area (Å²) in [6.45, 7) is 4.42. The lowest BCUT2D eigenvalue weighted by Gasteiger charge is -2.32. The number of fused-ring (bicyclic) bond motifs is 1. The summed E-state index contributed by atoms with van der Waals surface area (Å²) in [4.78, 5) is 20.4. The normalized spacial score (nSPS) is 18.4. The summed E-state index contributed by atoms with van der Waals surface area (Å²) in [6, 6.07) is 19.6. The number of benzene rings is 2. The van der Waals surface area contributed by atoms with Gasteiger partial charge < -0.3 is 20.1 Å². The van der Waals surface area contributed by atoms with Gasteiger partial charge in [0.1, 0.15) is 11.9 Å². The standard InChI is InChI=1S/C33H39N5O3/c1-22(39)21-38-18-15-27(16-19-38)41-26-12-9-24(10-13-26)31-28-20-25(11-14-29(28)36-37-31)33(40)35-32(23-6-2-3-7-23)30-8-4-5-17-34-30/h4-5,8-14,17,20,22-23,27,32,39H,2-3,6-7,15-16,18-19,21H2,1H3,(H,35,40)(H,36,37). The molecule has 1 aliphatic heterocycles. The SMILES string of the molecule is CC(O)CN1CCC(Oc2ccc(-c3n[nH]c4ccc(C(=O)NC(c5ccccn5)C5CCCC5)cc34)cc2)CC1. The van der Waals surface area contributed by atoms with Gasteiger partial charge in [0.2, 0.25) is 0 Å². The van der Waals surface area contributed by atoms with Crippen LogP contribution in [0, 0.1) is 5.92 Å². The number of likely N-dealkylation sites (tertiary alicyclic amines) is 1. The average Bonchev–Trinajstić information content (AvgIpc) is 3.68. The highest BCUT2D eigenvalue weighted by Gasteiger charge is 2.29. The van der Waals surface area contributed by atoms with Gasteiger partial charge in [0, 0.05) is 42.3 Å². The molecule has 2 fully saturated rings. The summed E-state index contributed by atoms with van der Waals surface area (Å²) in [5, 5.41) is 21.5. The second kappa shape index (κ2) is 12.4. The van der Waals surface area contributed by atoms with E-state index in [9.17, 15) is 9.90 Å². The zero-order chi connectivity index (χ0) is 28.2. The first-order valence-electron chi connectivity index (χ1n) is 14.9. The van der Waals surface area contributed by atoms with E-state index < -0.39 is 0 Å². The van der Waals surface area contributed by atoms with E-state index in [-0.39, 0.29) is 24.2 Å². The van der Waals surface area contributed by atoms with Gasteiger partial charge in [0.05, 0.1) is 29.1 Å². The minimum Gasteiger partial charge on any atom is -0.490 e. The van der Waals surface area contributed by atoms with Crippen LogP contribution < -0.4 is 10.1 Å². The van der Waals surface area contributed by atoms with E-state index in [1.165, 1.54) is 12.8 Å². The summed E-state index contributed by atoms with van der Waals surface area (Å²) < 4.78 is 6.26. The number of rotatable bonds is 9. The third-order valence-electron chi connectivity index (χ3n) is 8.48. The molecule has 4 aromatic rings. The van der Waals surface area contributed by atoms with Crippen molar-refractivity contribution in [1.82, 2.24) is 25.4 Å². The van der Waals surface area contributed by atoms with Crippen LogP contribution in [0.25, 0.3) is 22.2 Å². The number of pyridine rings is 1. The Bertz CT molecular complexity index is 1440. The number of amides is 1. The number of hydrogen-bond donors (Lipinski definition) is 3. The van der Waals surface area contributed by atoms with Crippen molar-refractivity contribution in [2.24, 2.45) is 5.92 Å². The van der Waals surface area contributed by atoms with Crippen molar-refractivity contribution in [2.75, 3.05) is 19.6 Å². The summed E-state index contributed by atoms with van der Waals surface area (Å²) >= 11 is 0. The number of nitrogens with one attached hydrogen (secondary N) is 2. The number of aromatic nitrogens is 3. The largest absolute Gasteiger partial charge is 0.490 e. The molecule has 2 aromatic carbocycles. The van der Waals surface area contributed by atoms with Crippen LogP contribution in [0.3, 0.4) is 0 Å². The molecule has 1 aliphatic carbocycles. The van der Waals surface area contributed by atoms with Crippen LogP contribution in [-0.2, 0) is 0 Å². The molecule has 214 valence electrons. The van der Waals surface area contributed by atoms with Gasteiger partial charge in [-0.2, -0.15) is 5.10 Å². The van der Waals surface area contributed by atoms with Gasteiger partial charge in [-0.05, 0) is 93.1 Å². The number of ether oxygens (including phenoxy) is 1. The highest BCUT2D eigenvalue weighted by molar-refractivity contribution is 6.01. The molecule has 2 unspecified atom stereocenters. The maximum absolute atomic E-state index is 13.5. The smallest absolute Gasteiger partial charge is 0.251 e. The summed E-state index contributed by atoms with van der Waals surface area (Å²) in [6.07, 6.45) is 8.18. The van der Waals surface area contributed by atoms with Crippen molar-refractivity contribution in [3.05, 3.63) is 78.1 Å². The maximum atomic E-state index is 13.5. The van der Waals surface area contributed by atoms with Gasteiger partial charge in [-0.25, -0.2) is 0 Å². The Morgan fingerprint density at radius 2 is 1.85 bits per heavy atom. The van der Waals surface area contributed by atoms with Gasteiger partial charge in [0.25, 0.3) is 5.91 Å². The van der Waals surface area contributed by atoms with Crippen molar-refractivity contribution >= 4 is 16.8 Å². The molecule has 41 heavy (non-hydrogen) atoms. The van der Waals surface area contributed by atoms with E-state index in [4.69, 9.17) is 4.74 Å². The topological polar surface area (TPSA) is 103 Å². The highest BCUT2D eigenvalue weighted by atomic mass is 16.5. The molecule has 1 amide bonds. The summed E-state index contributed by atoms with van der Waals surface area (Å²) in [7, 11) is 0. The average molecular weight is 554 g/mol. The van der Waals surface area contributed by atoms with Crippen LogP contribution in [0.1, 0.15) is 67.5 Å². The molecule has 1 saturated carbocycles. The number of hydrogen-bond acceptors (Lipinski definition) is 6. The predicted molar refractivity (Wildman–Crippen MR) is 160 cm³/mol. The molecular weight excluding hydrogens is 514 g/mol. The van der Waals surface area contributed by atoms with Crippen molar-refractivity contribution in [2.45, 2.75) is 63.7 Å². The van der Waals surface area contributed by atoms with Crippen molar-refractivity contribution in [1.29, 1.82) is 0 Å². The van der Waals surface area contributed by atoms with Crippen LogP contribution in [0.2, 0.25) is 0 Å². The summed E-state index contributed by atoms with van der Waals surface area (Å²) in [5.74, 6) is 1.15. The Morgan fingerprint density at radius 1 is 1.07 bits per heavy atom. The van der Waals surface area contributed by atoms with Crippen molar-refractivity contribution in [3.8, 4) is 17.0 Å². The second-order valence-corrected chi connectivity index (χ2v) is 11.6. The number of carbonyl (C=O) groups is 1. The zero-order valence-corrected chi connectivity index (χ0v) is 23.6. The highest BCUT2D eigenvalue weighted by Crippen LogP contribution is 2.35. The molecule has 8 nitrogen and oxygen atoms in total. The first kappa shape index (κ1) is 27.4.